The van der Waals surface area contributed by atoms with Crippen LogP contribution in [0.1, 0.15) is 0 Å². The molecule has 0 radical (unpaired) electrons. The highest BCUT2D eigenvalue weighted by Gasteiger charge is 2.14. The summed E-state index contributed by atoms with van der Waals surface area (Å²) in [6.07, 6.45) is 3.34. The molecule has 2 N–H and O–H groups in total. The molecular formula is C10H12N4O3. The van der Waals surface area contributed by atoms with Crippen molar-refractivity contribution in [2.24, 2.45) is 5.73 Å². The fourth-order valence-corrected chi connectivity index (χ4v) is 1.27. The lowest BCUT2D eigenvalue weighted by molar-refractivity contribution is -0.142. The van der Waals surface area contributed by atoms with Crippen LogP contribution >= 0.6 is 0 Å². The zero-order chi connectivity index (χ0) is 12.3. The molecule has 2 aromatic heterocycles. The van der Waals surface area contributed by atoms with Crippen LogP contribution in [0, 0.1) is 0 Å². The minimum absolute atomic E-state index is 0.0178. The fourth-order valence-electron chi connectivity index (χ4n) is 1.27. The van der Waals surface area contributed by atoms with E-state index in [1.165, 1.54) is 7.11 Å². The molecule has 0 bridgehead atoms. The number of hydrogen-bond acceptors (Lipinski definition) is 6. The van der Waals surface area contributed by atoms with E-state index in [-0.39, 0.29) is 6.61 Å². The Morgan fingerprint density at radius 1 is 1.59 bits per heavy atom. The highest BCUT2D eigenvalue weighted by molar-refractivity contribution is 5.75. The molecule has 0 saturated heterocycles. The predicted molar refractivity (Wildman–Crippen MR) is 58.5 cm³/mol. The van der Waals surface area contributed by atoms with Gasteiger partial charge in [0, 0.05) is 18.3 Å². The van der Waals surface area contributed by atoms with E-state index in [1.807, 2.05) is 0 Å². The molecule has 17 heavy (non-hydrogen) atoms. The molecule has 0 amide bonds. The summed E-state index contributed by atoms with van der Waals surface area (Å²) in [4.78, 5) is 15.2. The molecular weight excluding hydrogens is 224 g/mol. The van der Waals surface area contributed by atoms with Gasteiger partial charge in [-0.05, 0) is 0 Å². The molecule has 0 aromatic carbocycles. The third-order valence-electron chi connectivity index (χ3n) is 2.15. The van der Waals surface area contributed by atoms with Crippen molar-refractivity contribution in [3.63, 3.8) is 0 Å². The summed E-state index contributed by atoms with van der Waals surface area (Å²) in [5, 5.41) is 4.00. The monoisotopic (exact) mass is 236 g/mol. The van der Waals surface area contributed by atoms with Crippen LogP contribution < -0.4 is 10.5 Å². The zero-order valence-corrected chi connectivity index (χ0v) is 9.24. The second kappa shape index (κ2) is 4.79. The lowest BCUT2D eigenvalue weighted by atomic mass is 10.3. The van der Waals surface area contributed by atoms with E-state index in [0.29, 0.717) is 11.5 Å². The van der Waals surface area contributed by atoms with Gasteiger partial charge in [0.2, 0.25) is 5.88 Å². The Morgan fingerprint density at radius 2 is 2.41 bits per heavy atom. The molecule has 7 nitrogen and oxygen atoms in total. The fraction of sp³-hybridized carbons (Fsp3) is 0.300. The van der Waals surface area contributed by atoms with E-state index in [0.717, 1.165) is 0 Å². The molecule has 0 spiro atoms. The van der Waals surface area contributed by atoms with Crippen molar-refractivity contribution >= 4 is 11.6 Å². The van der Waals surface area contributed by atoms with Crippen molar-refractivity contribution < 1.29 is 14.3 Å². The molecule has 2 heterocycles. The Morgan fingerprint density at radius 3 is 3.18 bits per heavy atom. The third-order valence-corrected chi connectivity index (χ3v) is 2.15. The van der Waals surface area contributed by atoms with Crippen LogP contribution in [0.5, 0.6) is 5.88 Å². The Kier molecular flexibility index (Phi) is 3.20. The van der Waals surface area contributed by atoms with Crippen molar-refractivity contribution in [3.05, 3.63) is 24.5 Å². The molecule has 0 aliphatic rings. The molecule has 90 valence electrons. The quantitative estimate of drug-likeness (QED) is 0.727. The maximum Gasteiger partial charge on any atom is 0.326 e. The van der Waals surface area contributed by atoms with E-state index in [2.05, 4.69) is 14.8 Å². The first kappa shape index (κ1) is 11.3. The number of fused-ring (bicyclic) bond motifs is 1. The van der Waals surface area contributed by atoms with Crippen LogP contribution in [0.25, 0.3) is 5.65 Å². The third kappa shape index (κ3) is 2.51. The number of hydrogen-bond donors (Lipinski definition) is 1. The Balaban J connectivity index is 2.01. The van der Waals surface area contributed by atoms with E-state index in [1.54, 1.807) is 29.0 Å². The largest absolute Gasteiger partial charge is 0.475 e. The maximum absolute atomic E-state index is 11.0. The molecule has 0 aliphatic heterocycles. The molecule has 1 unspecified atom stereocenters. The number of nitrogens with two attached hydrogens (primary N) is 1. The van der Waals surface area contributed by atoms with Crippen LogP contribution in [-0.2, 0) is 9.53 Å². The molecule has 1 atom stereocenters. The number of aromatic nitrogens is 3. The van der Waals surface area contributed by atoms with Gasteiger partial charge in [-0.2, -0.15) is 10.1 Å². The molecule has 0 aliphatic carbocycles. The highest BCUT2D eigenvalue weighted by Crippen LogP contribution is 2.08. The van der Waals surface area contributed by atoms with Gasteiger partial charge in [0.15, 0.2) is 5.65 Å². The van der Waals surface area contributed by atoms with Gasteiger partial charge in [-0.15, -0.1) is 0 Å². The zero-order valence-electron chi connectivity index (χ0n) is 9.24. The first-order chi connectivity index (χ1) is 8.20. The van der Waals surface area contributed by atoms with E-state index >= 15 is 0 Å². The molecule has 0 fully saturated rings. The van der Waals surface area contributed by atoms with E-state index in [9.17, 15) is 4.79 Å². The Hall–Kier alpha value is -2.15. The average Bonchev–Trinajstić information content (AvgIpc) is 2.82. The van der Waals surface area contributed by atoms with Crippen molar-refractivity contribution in [3.8, 4) is 5.88 Å². The number of ether oxygens (including phenoxy) is 2. The average molecular weight is 236 g/mol. The molecule has 0 saturated carbocycles. The van der Waals surface area contributed by atoms with Gasteiger partial charge >= 0.3 is 5.97 Å². The van der Waals surface area contributed by atoms with Crippen LogP contribution in [0.3, 0.4) is 0 Å². The van der Waals surface area contributed by atoms with E-state index < -0.39 is 12.0 Å². The summed E-state index contributed by atoms with van der Waals surface area (Å²) in [5.41, 5.74) is 6.18. The first-order valence-corrected chi connectivity index (χ1v) is 4.97. The lowest BCUT2D eigenvalue weighted by Crippen LogP contribution is -2.37. The summed E-state index contributed by atoms with van der Waals surface area (Å²) >= 11 is 0. The minimum atomic E-state index is -0.817. The van der Waals surface area contributed by atoms with Crippen LogP contribution in [0.15, 0.2) is 24.5 Å². The van der Waals surface area contributed by atoms with Gasteiger partial charge in [-0.3, -0.25) is 4.79 Å². The number of carbonyl (C=O) groups is 1. The number of nitrogens with zero attached hydrogens (tertiary/aromatic N) is 3. The summed E-state index contributed by atoms with van der Waals surface area (Å²) in [6, 6.07) is 2.57. The second-order valence-corrected chi connectivity index (χ2v) is 3.34. The highest BCUT2D eigenvalue weighted by atomic mass is 16.5. The predicted octanol–water partition coefficient (Wildman–Crippen LogP) is -0.392. The van der Waals surface area contributed by atoms with Crippen LogP contribution in [0.4, 0.5) is 0 Å². The van der Waals surface area contributed by atoms with Gasteiger partial charge in [0.05, 0.1) is 13.3 Å². The second-order valence-electron chi connectivity index (χ2n) is 3.34. The SMILES string of the molecule is COC(=O)C(N)COc1ccn2nccc2n1. The van der Waals surface area contributed by atoms with Crippen molar-refractivity contribution in [1.29, 1.82) is 0 Å². The normalized spacial score (nSPS) is 12.4. The van der Waals surface area contributed by atoms with Crippen LogP contribution in [-0.4, -0.2) is 40.3 Å². The van der Waals surface area contributed by atoms with Gasteiger partial charge in [-0.1, -0.05) is 0 Å². The summed E-state index contributed by atoms with van der Waals surface area (Å²) in [6.45, 7) is 0.0178. The molecule has 2 aromatic rings. The van der Waals surface area contributed by atoms with Crippen molar-refractivity contribution in [1.82, 2.24) is 14.6 Å². The number of rotatable bonds is 4. The Bertz CT molecular complexity index is 525. The Labute approximate surface area is 97.1 Å². The first-order valence-electron chi connectivity index (χ1n) is 4.97. The van der Waals surface area contributed by atoms with Crippen molar-refractivity contribution in [2.75, 3.05) is 13.7 Å². The maximum atomic E-state index is 11.0. The summed E-state index contributed by atoms with van der Waals surface area (Å²) in [5.74, 6) is -0.132. The number of methoxy groups -OCH3 is 1. The smallest absolute Gasteiger partial charge is 0.326 e. The van der Waals surface area contributed by atoms with Gasteiger partial charge in [-0.25, -0.2) is 4.52 Å². The summed E-state index contributed by atoms with van der Waals surface area (Å²) < 4.78 is 11.4. The van der Waals surface area contributed by atoms with Gasteiger partial charge in [0.25, 0.3) is 0 Å². The molecule has 7 heteroatoms. The summed E-state index contributed by atoms with van der Waals surface area (Å²) in [7, 11) is 1.28. The standard InChI is InChI=1S/C10H12N4O3/c1-16-10(15)7(11)6-17-9-3-5-14-8(13-9)2-4-12-14/h2-5,7H,6,11H2,1H3. The van der Waals surface area contributed by atoms with Crippen LogP contribution in [0.2, 0.25) is 0 Å². The van der Waals surface area contributed by atoms with Gasteiger partial charge in [0.1, 0.15) is 12.6 Å². The van der Waals surface area contributed by atoms with Gasteiger partial charge < -0.3 is 15.2 Å². The molecule has 2 rings (SSSR count). The minimum Gasteiger partial charge on any atom is -0.475 e. The number of esters is 1. The topological polar surface area (TPSA) is 91.7 Å². The van der Waals surface area contributed by atoms with Crippen molar-refractivity contribution in [2.45, 2.75) is 6.04 Å². The lowest BCUT2D eigenvalue weighted by Gasteiger charge is -2.10. The number of carbonyl (C=O) groups excluding carboxylic acids is 1. The van der Waals surface area contributed by atoms with E-state index in [4.69, 9.17) is 10.5 Å².